The van der Waals surface area contributed by atoms with Gasteiger partial charge in [0.15, 0.2) is 0 Å². The largest absolute Gasteiger partial charge is 0.0625 e. The van der Waals surface area contributed by atoms with Gasteiger partial charge in [-0.15, -0.1) is 0 Å². The molecule has 4 atom stereocenters. The minimum absolute atomic E-state index is 0.936. The highest BCUT2D eigenvalue weighted by molar-refractivity contribution is 5.05. The van der Waals surface area contributed by atoms with Gasteiger partial charge in [0.1, 0.15) is 0 Å². The van der Waals surface area contributed by atoms with Gasteiger partial charge < -0.3 is 0 Å². The van der Waals surface area contributed by atoms with Crippen LogP contribution >= 0.6 is 0 Å². The Morgan fingerprint density at radius 2 is 1.33 bits per heavy atom. The monoisotopic (exact) mass is 166 g/mol. The molecule has 2 aliphatic rings. The van der Waals surface area contributed by atoms with Crippen molar-refractivity contribution >= 4 is 0 Å². The summed E-state index contributed by atoms with van der Waals surface area (Å²) in [6.45, 7) is 9.57. The lowest BCUT2D eigenvalue weighted by atomic mass is 9.87. The van der Waals surface area contributed by atoms with Crippen LogP contribution in [0.25, 0.3) is 0 Å². The van der Waals surface area contributed by atoms with Crippen LogP contribution < -0.4 is 0 Å². The average Bonchev–Trinajstić information content (AvgIpc) is 2.48. The van der Waals surface area contributed by atoms with Crippen molar-refractivity contribution in [3.8, 4) is 0 Å². The first kappa shape index (κ1) is 8.59. The molecule has 0 heteroatoms. The molecule has 0 radical (unpaired) electrons. The maximum absolute atomic E-state index is 2.40. The van der Waals surface area contributed by atoms with Crippen LogP contribution in [0.3, 0.4) is 0 Å². The SMILES string of the molecule is CC(C)C1C[C@@H]2C(C(C)C)[C@@H]2C1. The Bertz CT molecular complexity index is 151. The van der Waals surface area contributed by atoms with Crippen molar-refractivity contribution in [3.63, 3.8) is 0 Å². The van der Waals surface area contributed by atoms with E-state index in [-0.39, 0.29) is 0 Å². The molecule has 0 aliphatic heterocycles. The molecule has 2 unspecified atom stereocenters. The fourth-order valence-electron chi connectivity index (χ4n) is 3.47. The minimum atomic E-state index is 0.936. The second-order valence-corrected chi connectivity index (χ2v) is 5.62. The molecule has 0 aromatic carbocycles. The summed E-state index contributed by atoms with van der Waals surface area (Å²) in [7, 11) is 0. The van der Waals surface area contributed by atoms with E-state index in [0.717, 1.165) is 35.5 Å². The van der Waals surface area contributed by atoms with Gasteiger partial charge >= 0.3 is 0 Å². The van der Waals surface area contributed by atoms with Crippen molar-refractivity contribution < 1.29 is 0 Å². The lowest BCUT2D eigenvalue weighted by Gasteiger charge is -2.18. The first-order valence-electron chi connectivity index (χ1n) is 5.61. The summed E-state index contributed by atoms with van der Waals surface area (Å²) in [6.07, 6.45) is 3.09. The van der Waals surface area contributed by atoms with Gasteiger partial charge in [-0.3, -0.25) is 0 Å². The van der Waals surface area contributed by atoms with E-state index >= 15 is 0 Å². The van der Waals surface area contributed by atoms with Crippen molar-refractivity contribution in [1.82, 2.24) is 0 Å². The molecule has 70 valence electrons. The van der Waals surface area contributed by atoms with E-state index in [1.165, 1.54) is 0 Å². The molecule has 12 heavy (non-hydrogen) atoms. The van der Waals surface area contributed by atoms with Gasteiger partial charge in [0.05, 0.1) is 0 Å². The number of rotatable bonds is 2. The van der Waals surface area contributed by atoms with Crippen LogP contribution in [0, 0.1) is 35.5 Å². The molecule has 2 fully saturated rings. The number of hydrogen-bond donors (Lipinski definition) is 0. The molecule has 0 N–H and O–H groups in total. The summed E-state index contributed by atoms with van der Waals surface area (Å²) in [6, 6.07) is 0. The Labute approximate surface area is 76.7 Å². The molecule has 0 saturated heterocycles. The summed E-state index contributed by atoms with van der Waals surface area (Å²) in [4.78, 5) is 0. The Morgan fingerprint density at radius 1 is 0.833 bits per heavy atom. The highest BCUT2D eigenvalue weighted by Gasteiger charge is 2.56. The predicted octanol–water partition coefficient (Wildman–Crippen LogP) is 3.57. The lowest BCUT2D eigenvalue weighted by molar-refractivity contribution is 0.315. The van der Waals surface area contributed by atoms with E-state index in [4.69, 9.17) is 0 Å². The molecule has 0 bridgehead atoms. The second kappa shape index (κ2) is 2.75. The van der Waals surface area contributed by atoms with E-state index in [0.29, 0.717) is 0 Å². The third-order valence-corrected chi connectivity index (χ3v) is 4.26. The van der Waals surface area contributed by atoms with Gasteiger partial charge in [-0.05, 0) is 48.3 Å². The van der Waals surface area contributed by atoms with Crippen molar-refractivity contribution in [2.75, 3.05) is 0 Å². The van der Waals surface area contributed by atoms with Crippen molar-refractivity contribution in [2.24, 2.45) is 35.5 Å². The van der Waals surface area contributed by atoms with Gasteiger partial charge in [-0.2, -0.15) is 0 Å². The quantitative estimate of drug-likeness (QED) is 0.588. The number of hydrogen-bond acceptors (Lipinski definition) is 0. The van der Waals surface area contributed by atoms with Gasteiger partial charge in [0, 0.05) is 0 Å². The maximum Gasteiger partial charge on any atom is -0.0329 e. The van der Waals surface area contributed by atoms with Crippen LogP contribution in [0.4, 0.5) is 0 Å². The summed E-state index contributed by atoms with van der Waals surface area (Å²) >= 11 is 0. The summed E-state index contributed by atoms with van der Waals surface area (Å²) in [5, 5.41) is 0. The zero-order valence-corrected chi connectivity index (χ0v) is 8.88. The summed E-state index contributed by atoms with van der Waals surface area (Å²) in [5.74, 6) is 6.34. The third kappa shape index (κ3) is 1.20. The third-order valence-electron chi connectivity index (χ3n) is 4.26. The van der Waals surface area contributed by atoms with Gasteiger partial charge in [-0.25, -0.2) is 0 Å². The molecule has 0 heterocycles. The Balaban J connectivity index is 1.86. The Morgan fingerprint density at radius 3 is 1.67 bits per heavy atom. The zero-order chi connectivity index (χ0) is 8.88. The predicted molar refractivity (Wildman–Crippen MR) is 52.9 cm³/mol. The molecule has 2 rings (SSSR count). The molecule has 2 aliphatic carbocycles. The first-order chi connectivity index (χ1) is 5.61. The standard InChI is InChI=1S/C12H22/c1-7(2)9-5-10-11(6-9)12(10)8(3)4/h7-12H,5-6H2,1-4H3/t9?,10-,11+,12?. The van der Waals surface area contributed by atoms with Crippen LogP contribution in [-0.4, -0.2) is 0 Å². The van der Waals surface area contributed by atoms with E-state index in [9.17, 15) is 0 Å². The fourth-order valence-corrected chi connectivity index (χ4v) is 3.47. The van der Waals surface area contributed by atoms with Crippen LogP contribution in [0.15, 0.2) is 0 Å². The zero-order valence-electron chi connectivity index (χ0n) is 8.88. The van der Waals surface area contributed by atoms with Gasteiger partial charge in [0.2, 0.25) is 0 Å². The molecule has 0 nitrogen and oxygen atoms in total. The van der Waals surface area contributed by atoms with Crippen molar-refractivity contribution in [1.29, 1.82) is 0 Å². The lowest BCUT2D eigenvalue weighted by Crippen LogP contribution is -2.10. The van der Waals surface area contributed by atoms with Crippen LogP contribution in [0.1, 0.15) is 40.5 Å². The molecule has 0 aromatic rings. The molecule has 0 spiro atoms. The maximum atomic E-state index is 2.40. The highest BCUT2D eigenvalue weighted by atomic mass is 14.6. The normalized spacial score (nSPS) is 45.5. The molecule has 0 amide bonds. The van der Waals surface area contributed by atoms with E-state index in [2.05, 4.69) is 27.7 Å². The van der Waals surface area contributed by atoms with Gasteiger partial charge in [-0.1, -0.05) is 27.7 Å². The smallest absolute Gasteiger partial charge is 0.0329 e. The van der Waals surface area contributed by atoms with Crippen LogP contribution in [0.2, 0.25) is 0 Å². The van der Waals surface area contributed by atoms with Crippen LogP contribution in [0.5, 0.6) is 0 Å². The highest BCUT2D eigenvalue weighted by Crippen LogP contribution is 2.63. The Kier molecular flexibility index (Phi) is 1.97. The topological polar surface area (TPSA) is 0 Å². The molecule has 0 aromatic heterocycles. The van der Waals surface area contributed by atoms with Crippen molar-refractivity contribution in [3.05, 3.63) is 0 Å². The second-order valence-electron chi connectivity index (χ2n) is 5.62. The number of fused-ring (bicyclic) bond motifs is 1. The van der Waals surface area contributed by atoms with Gasteiger partial charge in [0.25, 0.3) is 0 Å². The molecular formula is C12H22. The van der Waals surface area contributed by atoms with E-state index in [1.807, 2.05) is 0 Å². The van der Waals surface area contributed by atoms with Crippen LogP contribution in [-0.2, 0) is 0 Å². The molecule has 2 saturated carbocycles. The minimum Gasteiger partial charge on any atom is -0.0625 e. The Hall–Kier alpha value is 0. The summed E-state index contributed by atoms with van der Waals surface area (Å²) < 4.78 is 0. The molecular weight excluding hydrogens is 144 g/mol. The van der Waals surface area contributed by atoms with Crippen molar-refractivity contribution in [2.45, 2.75) is 40.5 Å². The van der Waals surface area contributed by atoms with E-state index in [1.54, 1.807) is 12.8 Å². The fraction of sp³-hybridized carbons (Fsp3) is 1.00. The average molecular weight is 166 g/mol. The first-order valence-corrected chi connectivity index (χ1v) is 5.61. The van der Waals surface area contributed by atoms with E-state index < -0.39 is 0 Å². The summed E-state index contributed by atoms with van der Waals surface area (Å²) in [5.41, 5.74) is 0.